The van der Waals surface area contributed by atoms with Gasteiger partial charge in [0.2, 0.25) is 0 Å². The van der Waals surface area contributed by atoms with Gasteiger partial charge in [-0.15, -0.1) is 0 Å². The molecule has 5 nitrogen and oxygen atoms in total. The molecule has 1 unspecified atom stereocenters. The van der Waals surface area contributed by atoms with Gasteiger partial charge in [0.1, 0.15) is 11.6 Å². The van der Waals surface area contributed by atoms with Crippen LogP contribution in [0.25, 0.3) is 0 Å². The summed E-state index contributed by atoms with van der Waals surface area (Å²) in [6.45, 7) is 5.36. The van der Waals surface area contributed by atoms with Crippen LogP contribution in [-0.4, -0.2) is 9.97 Å². The highest BCUT2D eigenvalue weighted by Crippen LogP contribution is 2.17. The van der Waals surface area contributed by atoms with Crippen molar-refractivity contribution in [1.82, 2.24) is 9.97 Å². The van der Waals surface area contributed by atoms with E-state index < -0.39 is 5.54 Å². The van der Waals surface area contributed by atoms with E-state index in [4.69, 9.17) is 11.5 Å². The number of nitrogens with two attached hydrogens (primary N) is 2. The lowest BCUT2D eigenvalue weighted by Gasteiger charge is -2.21. The van der Waals surface area contributed by atoms with Gasteiger partial charge in [-0.25, -0.2) is 4.98 Å². The molecule has 1 aromatic heterocycles. The van der Waals surface area contributed by atoms with Crippen molar-refractivity contribution in [1.29, 1.82) is 0 Å². The van der Waals surface area contributed by atoms with Crippen LogP contribution < -0.4 is 17.0 Å². The van der Waals surface area contributed by atoms with Crippen molar-refractivity contribution in [2.45, 2.75) is 32.7 Å². The number of aromatic amines is 1. The first-order chi connectivity index (χ1) is 6.38. The third-order valence-corrected chi connectivity index (χ3v) is 2.46. The number of hydrogen-bond acceptors (Lipinski definition) is 4. The largest absolute Gasteiger partial charge is 0.383 e. The van der Waals surface area contributed by atoms with Crippen LogP contribution in [0, 0.1) is 6.92 Å². The second kappa shape index (κ2) is 3.42. The zero-order valence-electron chi connectivity index (χ0n) is 8.72. The monoisotopic (exact) mass is 196 g/mol. The third-order valence-electron chi connectivity index (χ3n) is 2.46. The SMILES string of the molecule is CCC(C)(N)c1nc(N)c(C)c(=O)[nH]1. The van der Waals surface area contributed by atoms with Gasteiger partial charge in [-0.1, -0.05) is 6.92 Å². The lowest BCUT2D eigenvalue weighted by atomic mass is 9.99. The van der Waals surface area contributed by atoms with Crippen LogP contribution in [0.1, 0.15) is 31.7 Å². The van der Waals surface area contributed by atoms with Crippen molar-refractivity contribution >= 4 is 5.82 Å². The maximum absolute atomic E-state index is 11.4. The van der Waals surface area contributed by atoms with Gasteiger partial charge in [0.05, 0.1) is 11.1 Å². The van der Waals surface area contributed by atoms with E-state index in [1.807, 2.05) is 6.92 Å². The van der Waals surface area contributed by atoms with Crippen LogP contribution in [0.4, 0.5) is 5.82 Å². The molecule has 0 spiro atoms. The molecule has 0 bridgehead atoms. The number of nitrogens with zero attached hydrogens (tertiary/aromatic N) is 1. The van der Waals surface area contributed by atoms with E-state index in [0.29, 0.717) is 17.8 Å². The van der Waals surface area contributed by atoms with Gasteiger partial charge >= 0.3 is 0 Å². The van der Waals surface area contributed by atoms with E-state index in [0.717, 1.165) is 0 Å². The van der Waals surface area contributed by atoms with E-state index in [1.54, 1.807) is 13.8 Å². The van der Waals surface area contributed by atoms with Gasteiger partial charge in [-0.2, -0.15) is 0 Å². The fraction of sp³-hybridized carbons (Fsp3) is 0.556. The highest BCUT2D eigenvalue weighted by molar-refractivity contribution is 5.36. The molecular formula is C9H16N4O. The molecule has 0 aliphatic heterocycles. The Morgan fingerprint density at radius 2 is 2.14 bits per heavy atom. The average Bonchev–Trinajstić information content (AvgIpc) is 2.13. The van der Waals surface area contributed by atoms with Crippen molar-refractivity contribution in [3.63, 3.8) is 0 Å². The van der Waals surface area contributed by atoms with E-state index >= 15 is 0 Å². The van der Waals surface area contributed by atoms with Gasteiger partial charge in [0.25, 0.3) is 5.56 Å². The summed E-state index contributed by atoms with van der Waals surface area (Å²) < 4.78 is 0. The smallest absolute Gasteiger partial charge is 0.255 e. The highest BCUT2D eigenvalue weighted by atomic mass is 16.1. The van der Waals surface area contributed by atoms with Crippen molar-refractivity contribution in [3.05, 3.63) is 21.7 Å². The van der Waals surface area contributed by atoms with Crippen LogP contribution in [-0.2, 0) is 5.54 Å². The van der Waals surface area contributed by atoms with Crippen LogP contribution in [0.3, 0.4) is 0 Å². The lowest BCUT2D eigenvalue weighted by molar-refractivity contribution is 0.444. The summed E-state index contributed by atoms with van der Waals surface area (Å²) in [5, 5.41) is 0. The van der Waals surface area contributed by atoms with Crippen molar-refractivity contribution in [3.8, 4) is 0 Å². The van der Waals surface area contributed by atoms with Gasteiger partial charge in [0.15, 0.2) is 0 Å². The molecule has 0 aliphatic carbocycles. The van der Waals surface area contributed by atoms with Gasteiger partial charge in [-0.05, 0) is 20.3 Å². The van der Waals surface area contributed by atoms with E-state index in [-0.39, 0.29) is 11.4 Å². The first-order valence-electron chi connectivity index (χ1n) is 4.54. The summed E-state index contributed by atoms with van der Waals surface area (Å²) >= 11 is 0. The molecule has 14 heavy (non-hydrogen) atoms. The minimum Gasteiger partial charge on any atom is -0.383 e. The standard InChI is InChI=1S/C9H16N4O/c1-4-9(3,11)8-12-6(10)5(2)7(14)13-8/h4,11H2,1-3H3,(H3,10,12,13,14). The number of nitrogen functional groups attached to an aromatic ring is 1. The first kappa shape index (κ1) is 10.7. The number of hydrogen-bond donors (Lipinski definition) is 3. The topological polar surface area (TPSA) is 97.8 Å². The predicted molar refractivity (Wildman–Crippen MR) is 55.8 cm³/mol. The Hall–Kier alpha value is -1.36. The Balaban J connectivity index is 3.33. The maximum atomic E-state index is 11.4. The van der Waals surface area contributed by atoms with Crippen LogP contribution in [0.2, 0.25) is 0 Å². The minimum absolute atomic E-state index is 0.224. The van der Waals surface area contributed by atoms with Crippen molar-refractivity contribution < 1.29 is 0 Å². The Bertz CT molecular complexity index is 394. The fourth-order valence-electron chi connectivity index (χ4n) is 0.988. The molecule has 0 aliphatic rings. The normalized spacial score (nSPS) is 15.1. The molecule has 0 saturated heterocycles. The molecule has 5 N–H and O–H groups in total. The summed E-state index contributed by atoms with van der Waals surface area (Å²) in [4.78, 5) is 18.1. The zero-order valence-corrected chi connectivity index (χ0v) is 8.72. The quantitative estimate of drug-likeness (QED) is 0.631. The Morgan fingerprint density at radius 3 is 2.57 bits per heavy atom. The molecule has 1 aromatic rings. The molecule has 0 fully saturated rings. The van der Waals surface area contributed by atoms with Crippen molar-refractivity contribution in [2.75, 3.05) is 5.73 Å². The Labute approximate surface area is 82.5 Å². The molecule has 0 amide bonds. The fourth-order valence-corrected chi connectivity index (χ4v) is 0.988. The number of rotatable bonds is 2. The molecule has 1 rings (SSSR count). The summed E-state index contributed by atoms with van der Waals surface area (Å²) in [6, 6.07) is 0. The summed E-state index contributed by atoms with van der Waals surface area (Å²) in [5.41, 5.74) is 11.1. The number of anilines is 1. The highest BCUT2D eigenvalue weighted by Gasteiger charge is 2.22. The van der Waals surface area contributed by atoms with Crippen LogP contribution >= 0.6 is 0 Å². The molecule has 1 heterocycles. The third kappa shape index (κ3) is 1.77. The Kier molecular flexibility index (Phi) is 2.62. The second-order valence-electron chi connectivity index (χ2n) is 3.70. The molecular weight excluding hydrogens is 180 g/mol. The average molecular weight is 196 g/mol. The second-order valence-corrected chi connectivity index (χ2v) is 3.70. The lowest BCUT2D eigenvalue weighted by Crippen LogP contribution is -2.36. The minimum atomic E-state index is -0.638. The van der Waals surface area contributed by atoms with Crippen molar-refractivity contribution in [2.24, 2.45) is 5.73 Å². The van der Waals surface area contributed by atoms with Crippen LogP contribution in [0.5, 0.6) is 0 Å². The van der Waals surface area contributed by atoms with E-state index in [1.165, 1.54) is 0 Å². The zero-order chi connectivity index (χ0) is 10.9. The van der Waals surface area contributed by atoms with Crippen LogP contribution in [0.15, 0.2) is 4.79 Å². The first-order valence-corrected chi connectivity index (χ1v) is 4.54. The molecule has 1 atom stereocenters. The molecule has 0 aromatic carbocycles. The van der Waals surface area contributed by atoms with Gasteiger partial charge in [-0.3, -0.25) is 4.79 Å². The summed E-state index contributed by atoms with van der Waals surface area (Å²) in [6.07, 6.45) is 0.679. The van der Waals surface area contributed by atoms with E-state index in [9.17, 15) is 4.79 Å². The van der Waals surface area contributed by atoms with E-state index in [2.05, 4.69) is 9.97 Å². The molecule has 0 radical (unpaired) electrons. The maximum Gasteiger partial charge on any atom is 0.255 e. The predicted octanol–water partition coefficient (Wildman–Crippen LogP) is 0.244. The molecule has 0 saturated carbocycles. The summed E-state index contributed by atoms with van der Waals surface area (Å²) in [5.74, 6) is 0.682. The number of H-pyrrole nitrogens is 1. The van der Waals surface area contributed by atoms with Gasteiger partial charge in [0, 0.05) is 0 Å². The Morgan fingerprint density at radius 1 is 1.57 bits per heavy atom. The molecule has 78 valence electrons. The number of aromatic nitrogens is 2. The van der Waals surface area contributed by atoms with Gasteiger partial charge < -0.3 is 16.5 Å². The molecule has 5 heteroatoms. The summed E-state index contributed by atoms with van der Waals surface area (Å²) in [7, 11) is 0. The number of nitrogens with one attached hydrogen (secondary N) is 1.